The van der Waals surface area contributed by atoms with Crippen LogP contribution in [0.4, 0.5) is 5.69 Å². The first-order chi connectivity index (χ1) is 13.0. The number of carbonyl (C=O) groups excluding carboxylic acids is 2. The molecule has 1 saturated carbocycles. The van der Waals surface area contributed by atoms with Crippen molar-refractivity contribution in [3.8, 4) is 0 Å². The van der Waals surface area contributed by atoms with Crippen LogP contribution in [-0.4, -0.2) is 56.9 Å². The number of benzene rings is 1. The first-order valence-corrected chi connectivity index (χ1v) is 10.7. The summed E-state index contributed by atoms with van der Waals surface area (Å²) in [4.78, 5) is 24.2. The van der Waals surface area contributed by atoms with Gasteiger partial charge in [0.05, 0.1) is 18.1 Å². The van der Waals surface area contributed by atoms with Crippen molar-refractivity contribution in [2.24, 2.45) is 0 Å². The van der Waals surface area contributed by atoms with E-state index in [1.165, 1.54) is 28.6 Å². The summed E-state index contributed by atoms with van der Waals surface area (Å²) in [5, 5.41) is 5.26. The molecule has 8 nitrogen and oxygen atoms in total. The first-order valence-electron chi connectivity index (χ1n) is 9.26. The fourth-order valence-electron chi connectivity index (χ4n) is 3.33. The smallest absolute Gasteiger partial charge is 0.313 e. The Morgan fingerprint density at radius 3 is 2.22 bits per heavy atom. The van der Waals surface area contributed by atoms with E-state index in [-0.39, 0.29) is 10.9 Å². The SMILES string of the molecule is O=C(Nc1ccc(S(=O)(=O)N2CCOCC2)cc1)C(=O)NC1CCCCC1. The fraction of sp³-hybridized carbons (Fsp3) is 0.556. The molecule has 27 heavy (non-hydrogen) atoms. The maximum atomic E-state index is 12.6. The minimum atomic E-state index is -3.58. The maximum Gasteiger partial charge on any atom is 0.313 e. The van der Waals surface area contributed by atoms with Crippen LogP contribution in [-0.2, 0) is 24.3 Å². The molecule has 0 unspecified atom stereocenters. The van der Waals surface area contributed by atoms with Crippen LogP contribution in [0.2, 0.25) is 0 Å². The third kappa shape index (κ3) is 5.06. The molecule has 9 heteroatoms. The molecule has 148 valence electrons. The summed E-state index contributed by atoms with van der Waals surface area (Å²) in [6.45, 7) is 1.40. The Bertz CT molecular complexity index is 767. The third-order valence-corrected chi connectivity index (χ3v) is 6.78. The minimum absolute atomic E-state index is 0.0537. The van der Waals surface area contributed by atoms with Gasteiger partial charge in [-0.15, -0.1) is 0 Å². The number of hydrogen-bond donors (Lipinski definition) is 2. The van der Waals surface area contributed by atoms with E-state index in [0.29, 0.717) is 32.0 Å². The van der Waals surface area contributed by atoms with Gasteiger partial charge in [0.2, 0.25) is 10.0 Å². The maximum absolute atomic E-state index is 12.6. The number of rotatable bonds is 4. The predicted octanol–water partition coefficient (Wildman–Crippen LogP) is 1.09. The van der Waals surface area contributed by atoms with Crippen molar-refractivity contribution in [2.75, 3.05) is 31.6 Å². The topological polar surface area (TPSA) is 105 Å². The predicted molar refractivity (Wildman–Crippen MR) is 99.7 cm³/mol. The molecule has 0 atom stereocenters. The van der Waals surface area contributed by atoms with Crippen molar-refractivity contribution in [1.82, 2.24) is 9.62 Å². The Kier molecular flexibility index (Phi) is 6.46. The van der Waals surface area contributed by atoms with Gasteiger partial charge >= 0.3 is 11.8 Å². The quantitative estimate of drug-likeness (QED) is 0.743. The zero-order valence-corrected chi connectivity index (χ0v) is 16.0. The lowest BCUT2D eigenvalue weighted by molar-refractivity contribution is -0.136. The summed E-state index contributed by atoms with van der Waals surface area (Å²) in [5.74, 6) is -1.41. The highest BCUT2D eigenvalue weighted by Gasteiger charge is 2.26. The summed E-state index contributed by atoms with van der Waals surface area (Å²) in [6.07, 6.45) is 5.08. The molecule has 2 N–H and O–H groups in total. The number of amides is 2. The van der Waals surface area contributed by atoms with Gasteiger partial charge in [-0.25, -0.2) is 8.42 Å². The van der Waals surface area contributed by atoms with Crippen LogP contribution in [0.5, 0.6) is 0 Å². The van der Waals surface area contributed by atoms with Crippen molar-refractivity contribution in [3.05, 3.63) is 24.3 Å². The highest BCUT2D eigenvalue weighted by Crippen LogP contribution is 2.20. The lowest BCUT2D eigenvalue weighted by Gasteiger charge is -2.26. The van der Waals surface area contributed by atoms with E-state index in [2.05, 4.69) is 10.6 Å². The molecule has 3 rings (SSSR count). The second-order valence-corrected chi connectivity index (χ2v) is 8.74. The Labute approximate surface area is 159 Å². The second kappa shape index (κ2) is 8.81. The van der Waals surface area contributed by atoms with Crippen molar-refractivity contribution in [3.63, 3.8) is 0 Å². The number of morpholine rings is 1. The van der Waals surface area contributed by atoms with Gasteiger partial charge in [0.1, 0.15) is 0 Å². The molecular weight excluding hydrogens is 370 g/mol. The molecule has 0 spiro atoms. The van der Waals surface area contributed by atoms with Gasteiger partial charge in [0.25, 0.3) is 0 Å². The lowest BCUT2D eigenvalue weighted by atomic mass is 9.95. The third-order valence-electron chi connectivity index (χ3n) is 4.87. The number of hydrogen-bond acceptors (Lipinski definition) is 5. The number of carbonyl (C=O) groups is 2. The van der Waals surface area contributed by atoms with Gasteiger partial charge in [0, 0.05) is 24.8 Å². The highest BCUT2D eigenvalue weighted by atomic mass is 32.2. The molecule has 0 radical (unpaired) electrons. The van der Waals surface area contributed by atoms with E-state index in [0.717, 1.165) is 32.1 Å². The summed E-state index contributed by atoms with van der Waals surface area (Å²) >= 11 is 0. The average Bonchev–Trinajstić information content (AvgIpc) is 2.70. The normalized spacial score (nSPS) is 19.4. The Morgan fingerprint density at radius 1 is 0.963 bits per heavy atom. The molecule has 2 aliphatic rings. The minimum Gasteiger partial charge on any atom is -0.379 e. The van der Waals surface area contributed by atoms with Gasteiger partial charge < -0.3 is 15.4 Å². The van der Waals surface area contributed by atoms with Crippen molar-refractivity contribution in [1.29, 1.82) is 0 Å². The van der Waals surface area contributed by atoms with Crippen LogP contribution in [0, 0.1) is 0 Å². The van der Waals surface area contributed by atoms with Crippen LogP contribution in [0.3, 0.4) is 0 Å². The van der Waals surface area contributed by atoms with Gasteiger partial charge in [0.15, 0.2) is 0 Å². The Hall–Kier alpha value is -1.97. The fourth-order valence-corrected chi connectivity index (χ4v) is 4.74. The van der Waals surface area contributed by atoms with E-state index in [9.17, 15) is 18.0 Å². The van der Waals surface area contributed by atoms with E-state index in [1.807, 2.05) is 0 Å². The summed E-state index contributed by atoms with van der Waals surface area (Å²) in [7, 11) is -3.58. The lowest BCUT2D eigenvalue weighted by Crippen LogP contribution is -2.42. The zero-order chi connectivity index (χ0) is 19.3. The molecule has 1 aliphatic carbocycles. The molecule has 2 fully saturated rings. The Morgan fingerprint density at radius 2 is 1.59 bits per heavy atom. The summed E-state index contributed by atoms with van der Waals surface area (Å²) in [6, 6.07) is 5.88. The largest absolute Gasteiger partial charge is 0.379 e. The zero-order valence-electron chi connectivity index (χ0n) is 15.1. The molecule has 1 aromatic rings. The van der Waals surface area contributed by atoms with E-state index in [1.54, 1.807) is 0 Å². The van der Waals surface area contributed by atoms with Gasteiger partial charge in [-0.1, -0.05) is 19.3 Å². The standard InChI is InChI=1S/C18H25N3O5S/c22-17(19-14-4-2-1-3-5-14)18(23)20-15-6-8-16(9-7-15)27(24,25)21-10-12-26-13-11-21/h6-9,14H,1-5,10-13H2,(H,19,22)(H,20,23). The molecule has 0 aromatic heterocycles. The molecule has 0 bridgehead atoms. The van der Waals surface area contributed by atoms with Gasteiger partial charge in [-0.2, -0.15) is 4.31 Å². The molecule has 1 saturated heterocycles. The van der Waals surface area contributed by atoms with E-state index in [4.69, 9.17) is 4.74 Å². The number of ether oxygens (including phenoxy) is 1. The van der Waals surface area contributed by atoms with Crippen LogP contribution < -0.4 is 10.6 Å². The van der Waals surface area contributed by atoms with E-state index < -0.39 is 21.8 Å². The number of nitrogens with zero attached hydrogens (tertiary/aromatic N) is 1. The van der Waals surface area contributed by atoms with Gasteiger partial charge in [-0.05, 0) is 37.1 Å². The van der Waals surface area contributed by atoms with Crippen molar-refractivity contribution < 1.29 is 22.7 Å². The van der Waals surface area contributed by atoms with Crippen molar-refractivity contribution in [2.45, 2.75) is 43.0 Å². The van der Waals surface area contributed by atoms with Crippen LogP contribution >= 0.6 is 0 Å². The highest BCUT2D eigenvalue weighted by molar-refractivity contribution is 7.89. The van der Waals surface area contributed by atoms with Gasteiger partial charge in [-0.3, -0.25) is 9.59 Å². The number of sulfonamides is 1. The molecular formula is C18H25N3O5S. The molecule has 1 aliphatic heterocycles. The summed E-state index contributed by atoms with van der Waals surface area (Å²) < 4.78 is 31.7. The van der Waals surface area contributed by atoms with Crippen molar-refractivity contribution >= 4 is 27.5 Å². The number of anilines is 1. The Balaban J connectivity index is 1.58. The molecule has 1 aromatic carbocycles. The second-order valence-electron chi connectivity index (χ2n) is 6.80. The monoisotopic (exact) mass is 395 g/mol. The van der Waals surface area contributed by atoms with Crippen LogP contribution in [0.25, 0.3) is 0 Å². The number of nitrogens with one attached hydrogen (secondary N) is 2. The van der Waals surface area contributed by atoms with Crippen LogP contribution in [0.1, 0.15) is 32.1 Å². The molecule has 2 amide bonds. The average molecular weight is 395 g/mol. The molecule has 1 heterocycles. The van der Waals surface area contributed by atoms with Crippen LogP contribution in [0.15, 0.2) is 29.2 Å². The first kappa shape index (κ1) is 19.8. The summed E-state index contributed by atoms with van der Waals surface area (Å²) in [5.41, 5.74) is 0.375. The van der Waals surface area contributed by atoms with E-state index >= 15 is 0 Å².